The lowest BCUT2D eigenvalue weighted by Gasteiger charge is -2.26. The molecular weight excluding hydrogens is 376 g/mol. The molecular formula is C22H28O3S2. The van der Waals surface area contributed by atoms with Crippen molar-refractivity contribution in [2.75, 3.05) is 0 Å². The summed E-state index contributed by atoms with van der Waals surface area (Å²) in [6.07, 6.45) is 1.97. The molecule has 5 heteroatoms. The van der Waals surface area contributed by atoms with Gasteiger partial charge in [0.15, 0.2) is 0 Å². The molecule has 0 spiro atoms. The predicted octanol–water partition coefficient (Wildman–Crippen LogP) is 6.97. The molecule has 2 aromatic rings. The number of fused-ring (bicyclic) bond motifs is 2. The molecule has 27 heavy (non-hydrogen) atoms. The van der Waals surface area contributed by atoms with E-state index in [1.807, 2.05) is 13.0 Å². The van der Waals surface area contributed by atoms with E-state index in [1.54, 1.807) is 11.3 Å². The third kappa shape index (κ3) is 3.99. The Hall–Kier alpha value is -1.59. The van der Waals surface area contributed by atoms with Crippen LogP contribution in [0.25, 0.3) is 16.4 Å². The molecule has 1 aromatic heterocycles. The van der Waals surface area contributed by atoms with Crippen molar-refractivity contribution in [1.29, 1.82) is 0 Å². The smallest absolute Gasteiger partial charge is 0.277 e. The highest BCUT2D eigenvalue weighted by molar-refractivity contribution is 7.80. The second kappa shape index (κ2) is 6.78. The maximum Gasteiger partial charge on any atom is 0.277 e. The molecule has 2 heterocycles. The highest BCUT2D eigenvalue weighted by Crippen LogP contribution is 2.39. The van der Waals surface area contributed by atoms with Gasteiger partial charge in [0.05, 0.1) is 4.70 Å². The minimum atomic E-state index is -1.68. The van der Waals surface area contributed by atoms with E-state index in [-0.39, 0.29) is 10.8 Å². The molecule has 0 amide bonds. The molecule has 0 saturated carbocycles. The second-order valence-electron chi connectivity index (χ2n) is 9.19. The maximum absolute atomic E-state index is 13.0. The van der Waals surface area contributed by atoms with E-state index in [1.165, 1.54) is 5.56 Å². The molecule has 1 aliphatic heterocycles. The van der Waals surface area contributed by atoms with Crippen LogP contribution in [0.3, 0.4) is 0 Å². The van der Waals surface area contributed by atoms with Gasteiger partial charge in [0, 0.05) is 16.5 Å². The van der Waals surface area contributed by atoms with Crippen LogP contribution < -0.4 is 0 Å². The van der Waals surface area contributed by atoms with Gasteiger partial charge >= 0.3 is 0 Å². The molecule has 0 N–H and O–H groups in total. The summed E-state index contributed by atoms with van der Waals surface area (Å²) in [5.74, 6) is 0.710. The molecule has 0 aliphatic carbocycles. The van der Waals surface area contributed by atoms with Crippen LogP contribution in [0.15, 0.2) is 32.8 Å². The zero-order valence-electron chi connectivity index (χ0n) is 17.4. The number of aryl methyl sites for hydroxylation is 2. The maximum atomic E-state index is 13.0. The largest absolute Gasteiger partial charge is 0.442 e. The van der Waals surface area contributed by atoms with Gasteiger partial charge in [-0.25, -0.2) is 4.21 Å². The van der Waals surface area contributed by atoms with Gasteiger partial charge in [0.1, 0.15) is 11.3 Å². The van der Waals surface area contributed by atoms with Crippen molar-refractivity contribution in [1.82, 2.24) is 0 Å². The Kier molecular flexibility index (Phi) is 5.06. The van der Waals surface area contributed by atoms with Gasteiger partial charge in [-0.3, -0.25) is 0 Å². The first-order chi connectivity index (χ1) is 12.4. The van der Waals surface area contributed by atoms with Crippen molar-refractivity contribution < 1.29 is 12.8 Å². The lowest BCUT2D eigenvalue weighted by Crippen LogP contribution is -2.17. The first-order valence-electron chi connectivity index (χ1n) is 9.11. The number of benzene rings is 1. The van der Waals surface area contributed by atoms with E-state index in [9.17, 15) is 4.21 Å². The molecule has 0 bridgehead atoms. The first-order valence-corrected chi connectivity index (χ1v) is 11.1. The van der Waals surface area contributed by atoms with Crippen LogP contribution >= 0.6 is 11.3 Å². The summed E-state index contributed by atoms with van der Waals surface area (Å²) < 4.78 is 26.1. The fraction of sp³-hybridized carbons (Fsp3) is 0.455. The molecule has 1 aromatic carbocycles. The minimum Gasteiger partial charge on any atom is -0.442 e. The van der Waals surface area contributed by atoms with E-state index >= 15 is 0 Å². The van der Waals surface area contributed by atoms with E-state index < -0.39 is 11.1 Å². The Labute approximate surface area is 168 Å². The van der Waals surface area contributed by atoms with E-state index in [0.29, 0.717) is 10.9 Å². The molecule has 0 fully saturated rings. The van der Waals surface area contributed by atoms with Gasteiger partial charge in [-0.2, -0.15) is 0 Å². The van der Waals surface area contributed by atoms with Crippen molar-refractivity contribution in [3.8, 4) is 0 Å². The van der Waals surface area contributed by atoms with Gasteiger partial charge < -0.3 is 8.60 Å². The van der Waals surface area contributed by atoms with Crippen molar-refractivity contribution >= 4 is 38.8 Å². The Morgan fingerprint density at radius 3 is 2.26 bits per heavy atom. The molecule has 0 radical (unpaired) electrons. The minimum absolute atomic E-state index is 0.0984. The van der Waals surface area contributed by atoms with Crippen LogP contribution in [0.2, 0.25) is 0 Å². The third-order valence-electron chi connectivity index (χ3n) is 4.54. The number of hydrogen-bond acceptors (Lipinski definition) is 4. The van der Waals surface area contributed by atoms with Crippen LogP contribution in [-0.2, 0) is 20.7 Å². The van der Waals surface area contributed by atoms with Crippen LogP contribution in [-0.4, -0.2) is 4.21 Å². The standard InChI is InChI=1S/C22H28O3S2/c1-13-9-16(21(3,4)5)19-17(10-13)26-12-14(2)15-11-18(22(6,7)8)25-27(23)20(15)24-19/h9-12H,1-8H3. The second-order valence-corrected chi connectivity index (χ2v) is 11.1. The average Bonchev–Trinajstić information content (AvgIpc) is 2.52. The van der Waals surface area contributed by atoms with Crippen molar-refractivity contribution in [3.63, 3.8) is 0 Å². The van der Waals surface area contributed by atoms with Crippen molar-refractivity contribution in [3.05, 3.63) is 45.5 Å². The number of hydrogen-bond donors (Lipinski definition) is 0. The summed E-state index contributed by atoms with van der Waals surface area (Å²) in [7, 11) is 0. The van der Waals surface area contributed by atoms with E-state index in [0.717, 1.165) is 27.0 Å². The molecule has 146 valence electrons. The van der Waals surface area contributed by atoms with Gasteiger partial charge in [-0.1, -0.05) is 47.6 Å². The summed E-state index contributed by atoms with van der Waals surface area (Å²) in [4.78, 5) is 0. The Bertz CT molecular complexity index is 1010. The quantitative estimate of drug-likeness (QED) is 0.476. The Balaban J connectivity index is 2.45. The van der Waals surface area contributed by atoms with Gasteiger partial charge in [-0.15, -0.1) is 11.3 Å². The monoisotopic (exact) mass is 404 g/mol. The molecule has 3 rings (SSSR count). The molecule has 1 aliphatic rings. The Morgan fingerprint density at radius 1 is 1.00 bits per heavy atom. The average molecular weight is 405 g/mol. The normalized spacial score (nSPS) is 17.2. The lowest BCUT2D eigenvalue weighted by molar-refractivity contribution is 0.305. The summed E-state index contributed by atoms with van der Waals surface area (Å²) >= 11 is -0.0306. The fourth-order valence-electron chi connectivity index (χ4n) is 2.93. The zero-order chi connectivity index (χ0) is 20.1. The van der Waals surface area contributed by atoms with Crippen LogP contribution in [0.4, 0.5) is 0 Å². The van der Waals surface area contributed by atoms with Gasteiger partial charge in [0.2, 0.25) is 5.09 Å². The van der Waals surface area contributed by atoms with Crippen LogP contribution in [0.5, 0.6) is 0 Å². The van der Waals surface area contributed by atoms with Crippen molar-refractivity contribution in [2.45, 2.75) is 65.9 Å². The van der Waals surface area contributed by atoms with Gasteiger partial charge in [0.25, 0.3) is 11.1 Å². The highest BCUT2D eigenvalue weighted by atomic mass is 32.2. The predicted molar refractivity (Wildman–Crippen MR) is 115 cm³/mol. The molecule has 1 unspecified atom stereocenters. The van der Waals surface area contributed by atoms with E-state index in [2.05, 4.69) is 66.0 Å². The highest BCUT2D eigenvalue weighted by Gasteiger charge is 2.30. The number of rotatable bonds is 0. The molecule has 1 atom stereocenters. The SMILES string of the molecule is Cc1cc(C(C)(C)C)c2oc3c(c(C)csc2c1)C=C(C(C)(C)C)OS3=O. The van der Waals surface area contributed by atoms with E-state index in [4.69, 9.17) is 8.60 Å². The summed E-state index contributed by atoms with van der Waals surface area (Å²) in [5, 5.41) is 2.50. The van der Waals surface area contributed by atoms with Crippen LogP contribution in [0.1, 0.15) is 63.8 Å². The summed E-state index contributed by atoms with van der Waals surface area (Å²) in [6.45, 7) is 16.8. The fourth-order valence-corrected chi connectivity index (χ4v) is 4.96. The van der Waals surface area contributed by atoms with Gasteiger partial charge in [-0.05, 0) is 47.9 Å². The van der Waals surface area contributed by atoms with Crippen molar-refractivity contribution in [2.24, 2.45) is 5.41 Å². The molecule has 0 saturated heterocycles. The first kappa shape index (κ1) is 20.2. The summed E-state index contributed by atoms with van der Waals surface area (Å²) in [6, 6.07) is 4.27. The topological polar surface area (TPSA) is 39.4 Å². The number of allylic oxidation sites excluding steroid dienone is 1. The van der Waals surface area contributed by atoms with Crippen LogP contribution in [0, 0.1) is 19.3 Å². The Morgan fingerprint density at radius 2 is 1.67 bits per heavy atom. The lowest BCUT2D eigenvalue weighted by atomic mass is 9.86. The molecule has 3 nitrogen and oxygen atoms in total. The third-order valence-corrected chi connectivity index (χ3v) is 6.51. The summed E-state index contributed by atoms with van der Waals surface area (Å²) in [5.41, 5.74) is 4.62. The zero-order valence-corrected chi connectivity index (χ0v) is 19.0.